The second-order valence-corrected chi connectivity index (χ2v) is 8.35. The van der Waals surface area contributed by atoms with E-state index in [4.69, 9.17) is 0 Å². The van der Waals surface area contributed by atoms with Gasteiger partial charge in [0.2, 0.25) is 0 Å². The lowest BCUT2D eigenvalue weighted by Crippen LogP contribution is -2.54. The van der Waals surface area contributed by atoms with Crippen LogP contribution < -0.4 is 0 Å². The van der Waals surface area contributed by atoms with Gasteiger partial charge in [-0.1, -0.05) is 19.4 Å². The molecular formula is C19H24O3. The van der Waals surface area contributed by atoms with Crippen molar-refractivity contribution in [3.05, 3.63) is 11.6 Å². The normalized spacial score (nSPS) is 47.6. The van der Waals surface area contributed by atoms with E-state index in [1.54, 1.807) is 6.08 Å². The molecule has 0 heterocycles. The molecule has 0 N–H and O–H groups in total. The first-order valence-corrected chi connectivity index (χ1v) is 8.66. The smallest absolute Gasteiger partial charge is 0.155 e. The minimum Gasteiger partial charge on any atom is -0.299 e. The Morgan fingerprint density at radius 3 is 2.45 bits per heavy atom. The van der Waals surface area contributed by atoms with Gasteiger partial charge in [0, 0.05) is 30.6 Å². The van der Waals surface area contributed by atoms with Crippen molar-refractivity contribution >= 4 is 17.3 Å². The molecule has 4 rings (SSSR count). The van der Waals surface area contributed by atoms with E-state index < -0.39 is 0 Å². The SMILES string of the molecule is C[C@]12CCC(=O)C=C1CC(=O)[C@@H]1[C@@H]2CC[C@]2(C)C(=O)CC[C@@H]12. The van der Waals surface area contributed by atoms with Gasteiger partial charge in [-0.05, 0) is 49.0 Å². The van der Waals surface area contributed by atoms with Gasteiger partial charge in [0.05, 0.1) is 0 Å². The Morgan fingerprint density at radius 2 is 1.68 bits per heavy atom. The number of allylic oxidation sites excluding steroid dienone is 1. The van der Waals surface area contributed by atoms with Crippen LogP contribution in [0.3, 0.4) is 0 Å². The lowest BCUT2D eigenvalue weighted by molar-refractivity contribution is -0.143. The molecule has 3 heteroatoms. The van der Waals surface area contributed by atoms with E-state index in [0.29, 0.717) is 31.0 Å². The van der Waals surface area contributed by atoms with E-state index >= 15 is 0 Å². The van der Waals surface area contributed by atoms with Gasteiger partial charge in [-0.3, -0.25) is 14.4 Å². The number of rotatable bonds is 0. The minimum absolute atomic E-state index is 0.000541. The summed E-state index contributed by atoms with van der Waals surface area (Å²) in [5, 5.41) is 0. The predicted octanol–water partition coefficient (Wildman–Crippen LogP) is 3.27. The van der Waals surface area contributed by atoms with E-state index in [1.807, 2.05) is 0 Å². The molecule has 4 aliphatic carbocycles. The van der Waals surface area contributed by atoms with Crippen LogP contribution in [0.4, 0.5) is 0 Å². The van der Waals surface area contributed by atoms with Crippen LogP contribution in [0.15, 0.2) is 11.6 Å². The number of carbonyl (C=O) groups excluding carboxylic acids is 3. The van der Waals surface area contributed by atoms with E-state index in [0.717, 1.165) is 31.3 Å². The van der Waals surface area contributed by atoms with E-state index in [2.05, 4.69) is 13.8 Å². The van der Waals surface area contributed by atoms with Gasteiger partial charge in [-0.15, -0.1) is 0 Å². The third-order valence-electron chi connectivity index (χ3n) is 7.49. The summed E-state index contributed by atoms with van der Waals surface area (Å²) in [5.41, 5.74) is 0.807. The van der Waals surface area contributed by atoms with Crippen molar-refractivity contribution in [2.24, 2.45) is 28.6 Å². The molecule has 0 radical (unpaired) electrons. The van der Waals surface area contributed by atoms with Crippen molar-refractivity contribution in [1.29, 1.82) is 0 Å². The maximum atomic E-state index is 12.9. The number of Topliss-reactive ketones (excluding diaryl/α,β-unsaturated/α-hetero) is 2. The van der Waals surface area contributed by atoms with Crippen LogP contribution in [-0.4, -0.2) is 17.3 Å². The standard InChI is InChI=1S/C19H24O3/c1-18-7-5-12(20)9-11(18)10-15(21)17-13-3-4-16(22)19(13,2)8-6-14(17)18/h9,13-14,17H,3-8,10H2,1-2H3/t13-,14-,17-,18-,19-/m0/s1. The zero-order chi connectivity index (χ0) is 15.7. The Bertz CT molecular complexity index is 616. The van der Waals surface area contributed by atoms with Crippen molar-refractivity contribution < 1.29 is 14.4 Å². The molecule has 0 spiro atoms. The Balaban J connectivity index is 1.77. The molecule has 3 nitrogen and oxygen atoms in total. The first kappa shape index (κ1) is 14.3. The van der Waals surface area contributed by atoms with Gasteiger partial charge in [-0.25, -0.2) is 0 Å². The summed E-state index contributed by atoms with van der Waals surface area (Å²) >= 11 is 0. The molecule has 3 saturated carbocycles. The fraction of sp³-hybridized carbons (Fsp3) is 0.737. The minimum atomic E-state index is -0.265. The zero-order valence-electron chi connectivity index (χ0n) is 13.5. The van der Waals surface area contributed by atoms with Crippen molar-refractivity contribution in [3.8, 4) is 0 Å². The van der Waals surface area contributed by atoms with Crippen LogP contribution in [0, 0.1) is 28.6 Å². The van der Waals surface area contributed by atoms with Gasteiger partial charge in [0.25, 0.3) is 0 Å². The van der Waals surface area contributed by atoms with Crippen molar-refractivity contribution in [1.82, 2.24) is 0 Å². The van der Waals surface area contributed by atoms with Gasteiger partial charge in [0.1, 0.15) is 11.6 Å². The molecule has 0 bridgehead atoms. The average Bonchev–Trinajstić information content (AvgIpc) is 2.77. The number of hydrogen-bond acceptors (Lipinski definition) is 3. The van der Waals surface area contributed by atoms with Crippen molar-refractivity contribution in [2.45, 2.75) is 58.8 Å². The zero-order valence-corrected chi connectivity index (χ0v) is 13.5. The fourth-order valence-corrected chi connectivity index (χ4v) is 6.03. The summed E-state index contributed by atoms with van der Waals surface area (Å²) in [4.78, 5) is 37.0. The number of ketones is 3. The largest absolute Gasteiger partial charge is 0.299 e. The molecule has 5 atom stereocenters. The van der Waals surface area contributed by atoms with Gasteiger partial charge >= 0.3 is 0 Å². The van der Waals surface area contributed by atoms with Crippen LogP contribution in [0.1, 0.15) is 58.8 Å². The molecule has 0 aromatic rings. The fourth-order valence-electron chi connectivity index (χ4n) is 6.03. The van der Waals surface area contributed by atoms with Crippen LogP contribution in [0.25, 0.3) is 0 Å². The Morgan fingerprint density at radius 1 is 0.955 bits per heavy atom. The lowest BCUT2D eigenvalue weighted by Gasteiger charge is -2.55. The highest BCUT2D eigenvalue weighted by Crippen LogP contribution is 2.63. The summed E-state index contributed by atoms with van der Waals surface area (Å²) in [6, 6.07) is 0. The van der Waals surface area contributed by atoms with Crippen LogP contribution >= 0.6 is 0 Å². The van der Waals surface area contributed by atoms with Crippen LogP contribution in [0.5, 0.6) is 0 Å². The molecule has 0 aromatic heterocycles. The van der Waals surface area contributed by atoms with Gasteiger partial charge < -0.3 is 0 Å². The molecule has 0 unspecified atom stereocenters. The monoisotopic (exact) mass is 300 g/mol. The maximum Gasteiger partial charge on any atom is 0.155 e. The molecule has 4 aliphatic rings. The van der Waals surface area contributed by atoms with E-state index in [-0.39, 0.29) is 34.2 Å². The van der Waals surface area contributed by atoms with Crippen molar-refractivity contribution in [2.75, 3.05) is 0 Å². The molecule has 3 fully saturated rings. The topological polar surface area (TPSA) is 51.2 Å². The highest BCUT2D eigenvalue weighted by molar-refractivity contribution is 5.96. The van der Waals surface area contributed by atoms with Crippen LogP contribution in [0.2, 0.25) is 0 Å². The highest BCUT2D eigenvalue weighted by Gasteiger charge is 2.61. The molecule has 0 saturated heterocycles. The second-order valence-electron chi connectivity index (χ2n) is 8.35. The van der Waals surface area contributed by atoms with Gasteiger partial charge in [0.15, 0.2) is 5.78 Å². The maximum absolute atomic E-state index is 12.9. The number of carbonyl (C=O) groups is 3. The second kappa shape index (κ2) is 4.39. The lowest BCUT2D eigenvalue weighted by atomic mass is 9.47. The van der Waals surface area contributed by atoms with E-state index in [9.17, 15) is 14.4 Å². The molecule has 0 aromatic carbocycles. The summed E-state index contributed by atoms with van der Waals surface area (Å²) in [7, 11) is 0. The Labute approximate surface area is 131 Å². The number of fused-ring (bicyclic) bond motifs is 5. The van der Waals surface area contributed by atoms with E-state index in [1.165, 1.54) is 0 Å². The third kappa shape index (κ3) is 1.65. The van der Waals surface area contributed by atoms with Crippen molar-refractivity contribution in [3.63, 3.8) is 0 Å². The van der Waals surface area contributed by atoms with Crippen LogP contribution in [-0.2, 0) is 14.4 Å². The molecule has 118 valence electrons. The molecule has 22 heavy (non-hydrogen) atoms. The first-order valence-electron chi connectivity index (χ1n) is 8.66. The summed E-state index contributed by atoms with van der Waals surface area (Å²) in [6.45, 7) is 4.35. The number of hydrogen-bond donors (Lipinski definition) is 0. The molecular weight excluding hydrogens is 276 g/mol. The predicted molar refractivity (Wildman–Crippen MR) is 82.1 cm³/mol. The quantitative estimate of drug-likeness (QED) is 0.690. The third-order valence-corrected chi connectivity index (χ3v) is 7.49. The summed E-state index contributed by atoms with van der Waals surface area (Å²) in [6.07, 6.45) is 7.09. The Kier molecular flexibility index (Phi) is 2.87. The summed E-state index contributed by atoms with van der Waals surface area (Å²) in [5.74, 6) is 1.44. The molecule has 0 amide bonds. The average molecular weight is 300 g/mol. The van der Waals surface area contributed by atoms with Gasteiger partial charge in [-0.2, -0.15) is 0 Å². The summed E-state index contributed by atoms with van der Waals surface area (Å²) < 4.78 is 0. The first-order chi connectivity index (χ1) is 10.4. The highest BCUT2D eigenvalue weighted by atomic mass is 16.1. The molecule has 0 aliphatic heterocycles. The Hall–Kier alpha value is -1.25.